The average molecular weight is 274 g/mol. The van der Waals surface area contributed by atoms with E-state index in [1.807, 2.05) is 0 Å². The fourth-order valence-electron chi connectivity index (χ4n) is 2.49. The highest BCUT2D eigenvalue weighted by atomic mass is 32.2. The number of urea groups is 1. The van der Waals surface area contributed by atoms with Crippen LogP contribution >= 0.6 is 0 Å². The number of hydrogen-bond acceptors (Lipinski definition) is 2. The van der Waals surface area contributed by atoms with Gasteiger partial charge < -0.3 is 10.6 Å². The predicted octanol–water partition coefficient (Wildman–Crippen LogP) is 2.02. The van der Waals surface area contributed by atoms with Gasteiger partial charge in [0.2, 0.25) is 0 Å². The van der Waals surface area contributed by atoms with Gasteiger partial charge in [-0.05, 0) is 32.1 Å². The Morgan fingerprint density at radius 1 is 1.33 bits per heavy atom. The number of rotatable bonds is 6. The molecule has 0 bridgehead atoms. The van der Waals surface area contributed by atoms with Crippen molar-refractivity contribution in [3.05, 3.63) is 0 Å². The highest BCUT2D eigenvalue weighted by Crippen LogP contribution is 2.26. The van der Waals surface area contributed by atoms with E-state index in [1.54, 1.807) is 6.26 Å². The van der Waals surface area contributed by atoms with Gasteiger partial charge in [0.05, 0.1) is 0 Å². The van der Waals surface area contributed by atoms with Crippen molar-refractivity contribution in [2.45, 2.75) is 51.5 Å². The standard InChI is InChI=1S/C13H26N2O2S/c1-11(12-7-4-3-5-8-12)15-13(16)14-9-6-10-18(2)17/h11-12H,3-10H2,1-2H3,(H2,14,15,16)/t11-,18-/m1/s1. The van der Waals surface area contributed by atoms with Crippen molar-refractivity contribution in [1.82, 2.24) is 10.6 Å². The Morgan fingerprint density at radius 2 is 2.00 bits per heavy atom. The zero-order valence-corrected chi connectivity index (χ0v) is 12.4. The largest absolute Gasteiger partial charge is 0.338 e. The molecule has 18 heavy (non-hydrogen) atoms. The molecule has 0 unspecified atom stereocenters. The molecule has 4 nitrogen and oxygen atoms in total. The first-order valence-corrected chi connectivity index (χ1v) is 8.66. The lowest BCUT2D eigenvalue weighted by Crippen LogP contribution is -2.44. The highest BCUT2D eigenvalue weighted by molar-refractivity contribution is 7.84. The van der Waals surface area contributed by atoms with Crippen LogP contribution in [0.1, 0.15) is 45.4 Å². The molecule has 5 heteroatoms. The lowest BCUT2D eigenvalue weighted by Gasteiger charge is -2.28. The summed E-state index contributed by atoms with van der Waals surface area (Å²) in [7, 11) is -0.767. The molecular formula is C13H26N2O2S. The van der Waals surface area contributed by atoms with Crippen molar-refractivity contribution in [1.29, 1.82) is 0 Å². The van der Waals surface area contributed by atoms with E-state index in [0.29, 0.717) is 18.2 Å². The molecule has 2 amide bonds. The van der Waals surface area contributed by atoms with Gasteiger partial charge in [0.15, 0.2) is 0 Å². The average Bonchev–Trinajstić information content (AvgIpc) is 2.35. The van der Waals surface area contributed by atoms with Crippen LogP contribution in [0.4, 0.5) is 4.79 Å². The molecule has 2 atom stereocenters. The minimum atomic E-state index is -0.767. The van der Waals surface area contributed by atoms with Crippen LogP contribution < -0.4 is 10.6 Å². The number of hydrogen-bond donors (Lipinski definition) is 2. The van der Waals surface area contributed by atoms with Crippen molar-refractivity contribution in [2.24, 2.45) is 5.92 Å². The number of carbonyl (C=O) groups excluding carboxylic acids is 1. The zero-order chi connectivity index (χ0) is 13.4. The van der Waals surface area contributed by atoms with Gasteiger partial charge in [0, 0.05) is 35.4 Å². The molecule has 2 N–H and O–H groups in total. The van der Waals surface area contributed by atoms with Crippen LogP contribution in [-0.4, -0.2) is 34.8 Å². The minimum absolute atomic E-state index is 0.0880. The van der Waals surface area contributed by atoms with Crippen LogP contribution in [0.25, 0.3) is 0 Å². The fraction of sp³-hybridized carbons (Fsp3) is 0.923. The third kappa shape index (κ3) is 6.38. The number of amides is 2. The van der Waals surface area contributed by atoms with E-state index in [9.17, 15) is 9.00 Å². The summed E-state index contributed by atoms with van der Waals surface area (Å²) in [6, 6.07) is 0.167. The first kappa shape index (κ1) is 15.5. The topological polar surface area (TPSA) is 58.2 Å². The van der Waals surface area contributed by atoms with Gasteiger partial charge >= 0.3 is 6.03 Å². The van der Waals surface area contributed by atoms with Gasteiger partial charge in [-0.2, -0.15) is 0 Å². The Balaban J connectivity index is 2.12. The molecule has 0 aromatic carbocycles. The van der Waals surface area contributed by atoms with Crippen LogP contribution in [-0.2, 0) is 10.8 Å². The number of nitrogens with one attached hydrogen (secondary N) is 2. The Hall–Kier alpha value is -0.580. The molecule has 1 aliphatic rings. The van der Waals surface area contributed by atoms with Gasteiger partial charge in [-0.25, -0.2) is 4.79 Å². The maximum absolute atomic E-state index is 11.6. The monoisotopic (exact) mass is 274 g/mol. The first-order valence-electron chi connectivity index (χ1n) is 6.94. The second kappa shape index (κ2) is 8.51. The van der Waals surface area contributed by atoms with Gasteiger partial charge in [0.25, 0.3) is 0 Å². The SMILES string of the molecule is C[C@@H](NC(=O)NCCC[S@@](C)=O)C1CCCCC1. The summed E-state index contributed by atoms with van der Waals surface area (Å²) in [6.07, 6.45) is 8.84. The molecule has 1 fully saturated rings. The van der Waals surface area contributed by atoms with E-state index in [0.717, 1.165) is 6.42 Å². The van der Waals surface area contributed by atoms with Crippen LogP contribution in [0.3, 0.4) is 0 Å². The van der Waals surface area contributed by atoms with E-state index in [-0.39, 0.29) is 12.1 Å². The number of carbonyl (C=O) groups is 1. The third-order valence-electron chi connectivity index (χ3n) is 3.61. The fourth-order valence-corrected chi connectivity index (χ4v) is 3.04. The quantitative estimate of drug-likeness (QED) is 0.728. The van der Waals surface area contributed by atoms with Crippen molar-refractivity contribution >= 4 is 16.8 Å². The Bertz CT molecular complexity index is 278. The Morgan fingerprint density at radius 3 is 2.61 bits per heavy atom. The molecule has 0 saturated heterocycles. The molecule has 0 heterocycles. The molecule has 0 aromatic rings. The maximum atomic E-state index is 11.6. The van der Waals surface area contributed by atoms with Gasteiger partial charge in [-0.1, -0.05) is 19.3 Å². The second-order valence-electron chi connectivity index (χ2n) is 5.22. The molecule has 1 rings (SSSR count). The van der Waals surface area contributed by atoms with Crippen molar-refractivity contribution in [3.8, 4) is 0 Å². The van der Waals surface area contributed by atoms with Gasteiger partial charge in [-0.15, -0.1) is 0 Å². The Kier molecular flexibility index (Phi) is 7.32. The van der Waals surface area contributed by atoms with Crippen molar-refractivity contribution in [3.63, 3.8) is 0 Å². The van der Waals surface area contributed by atoms with E-state index >= 15 is 0 Å². The van der Waals surface area contributed by atoms with Crippen molar-refractivity contribution < 1.29 is 9.00 Å². The third-order valence-corrected chi connectivity index (χ3v) is 4.47. The second-order valence-corrected chi connectivity index (χ2v) is 6.77. The molecule has 0 aromatic heterocycles. The summed E-state index contributed by atoms with van der Waals surface area (Å²) >= 11 is 0. The summed E-state index contributed by atoms with van der Waals surface area (Å²) in [5.74, 6) is 1.28. The predicted molar refractivity (Wildman–Crippen MR) is 76.1 cm³/mol. The molecule has 0 aliphatic heterocycles. The summed E-state index contributed by atoms with van der Waals surface area (Å²) in [5.41, 5.74) is 0. The van der Waals surface area contributed by atoms with E-state index in [4.69, 9.17) is 0 Å². The van der Waals surface area contributed by atoms with Crippen LogP contribution in [0.5, 0.6) is 0 Å². The molecule has 0 radical (unpaired) electrons. The molecular weight excluding hydrogens is 248 g/mol. The van der Waals surface area contributed by atoms with Gasteiger partial charge in [0.1, 0.15) is 0 Å². The maximum Gasteiger partial charge on any atom is 0.315 e. The summed E-state index contributed by atoms with van der Waals surface area (Å²) in [4.78, 5) is 11.6. The molecule has 1 saturated carbocycles. The highest BCUT2D eigenvalue weighted by Gasteiger charge is 2.21. The minimum Gasteiger partial charge on any atom is -0.338 e. The lowest BCUT2D eigenvalue weighted by molar-refractivity contribution is 0.225. The smallest absolute Gasteiger partial charge is 0.315 e. The first-order chi connectivity index (χ1) is 8.59. The van der Waals surface area contributed by atoms with E-state index < -0.39 is 10.8 Å². The zero-order valence-electron chi connectivity index (χ0n) is 11.5. The van der Waals surface area contributed by atoms with E-state index in [2.05, 4.69) is 17.6 Å². The van der Waals surface area contributed by atoms with E-state index in [1.165, 1.54) is 32.1 Å². The molecule has 106 valence electrons. The molecule has 0 spiro atoms. The van der Waals surface area contributed by atoms with Crippen molar-refractivity contribution in [2.75, 3.05) is 18.6 Å². The van der Waals surface area contributed by atoms with Gasteiger partial charge in [-0.3, -0.25) is 4.21 Å². The lowest BCUT2D eigenvalue weighted by atomic mass is 9.85. The van der Waals surface area contributed by atoms with Crippen LogP contribution in [0, 0.1) is 5.92 Å². The molecule has 1 aliphatic carbocycles. The van der Waals surface area contributed by atoms with Crippen LogP contribution in [0.15, 0.2) is 0 Å². The van der Waals surface area contributed by atoms with Crippen LogP contribution in [0.2, 0.25) is 0 Å². The summed E-state index contributed by atoms with van der Waals surface area (Å²) in [5, 5.41) is 5.84. The Labute approximate surface area is 113 Å². The summed E-state index contributed by atoms with van der Waals surface area (Å²) in [6.45, 7) is 2.69. The normalized spacial score (nSPS) is 20.1. The summed E-state index contributed by atoms with van der Waals surface area (Å²) < 4.78 is 10.9.